The third-order valence-electron chi connectivity index (χ3n) is 7.11. The standard InChI is InChI=1S/C28H40N4O7/c1-30-13-9-23(29-30)28(34)39-22-7-4-17-37-25-20-21(19-24(35-2)26(25)36-3)27(33)38-18-6-12-31-10-5-11-32(14-8-22)16-15-31/h9,13,19-20,22H,4-8,10-12,14-18H2,1-3H3. The first-order valence-corrected chi connectivity index (χ1v) is 13.7. The maximum absolute atomic E-state index is 12.8. The van der Waals surface area contributed by atoms with E-state index in [-0.39, 0.29) is 6.10 Å². The Morgan fingerprint density at radius 3 is 2.38 bits per heavy atom. The summed E-state index contributed by atoms with van der Waals surface area (Å²) in [6, 6.07) is 4.89. The van der Waals surface area contributed by atoms with Crippen molar-refractivity contribution in [3.8, 4) is 17.2 Å². The molecule has 0 amide bonds. The van der Waals surface area contributed by atoms with Gasteiger partial charge in [0.25, 0.3) is 0 Å². The van der Waals surface area contributed by atoms with Gasteiger partial charge in [-0.15, -0.1) is 0 Å². The average Bonchev–Trinajstić information content (AvgIpc) is 3.25. The highest BCUT2D eigenvalue weighted by Gasteiger charge is 2.22. The molecule has 0 aliphatic carbocycles. The number of cyclic esters (lactones) is 1. The molecule has 0 radical (unpaired) electrons. The normalized spacial score (nSPS) is 23.3. The molecule has 0 N–H and O–H groups in total. The molecule has 11 heteroatoms. The van der Waals surface area contributed by atoms with Gasteiger partial charge in [-0.3, -0.25) is 4.68 Å². The molecule has 2 aromatic rings. The number of benzene rings is 1. The van der Waals surface area contributed by atoms with Gasteiger partial charge < -0.3 is 33.5 Å². The summed E-state index contributed by atoms with van der Waals surface area (Å²) in [4.78, 5) is 30.5. The highest BCUT2D eigenvalue weighted by Crippen LogP contribution is 2.38. The summed E-state index contributed by atoms with van der Waals surface area (Å²) < 4.78 is 30.1. The van der Waals surface area contributed by atoms with E-state index >= 15 is 0 Å². The lowest BCUT2D eigenvalue weighted by Gasteiger charge is -2.24. The Bertz CT molecular complexity index is 1110. The van der Waals surface area contributed by atoms with E-state index < -0.39 is 11.9 Å². The fourth-order valence-electron chi connectivity index (χ4n) is 4.98. The highest BCUT2D eigenvalue weighted by molar-refractivity contribution is 5.91. The number of aromatic nitrogens is 2. The molecule has 1 aromatic carbocycles. The van der Waals surface area contributed by atoms with Crippen molar-refractivity contribution < 1.29 is 33.3 Å². The van der Waals surface area contributed by atoms with E-state index in [9.17, 15) is 9.59 Å². The molecule has 39 heavy (non-hydrogen) atoms. The predicted molar refractivity (Wildman–Crippen MR) is 144 cm³/mol. The minimum Gasteiger partial charge on any atom is -0.493 e. The van der Waals surface area contributed by atoms with Crippen LogP contribution in [-0.2, 0) is 16.5 Å². The first kappa shape index (κ1) is 28.7. The Labute approximate surface area is 229 Å². The van der Waals surface area contributed by atoms with E-state index in [4.69, 9.17) is 23.7 Å². The zero-order chi connectivity index (χ0) is 27.6. The third kappa shape index (κ3) is 8.09. The number of carbonyl (C=O) groups is 2. The monoisotopic (exact) mass is 544 g/mol. The molecular formula is C28H40N4O7. The Morgan fingerprint density at radius 2 is 1.67 bits per heavy atom. The van der Waals surface area contributed by atoms with Crippen molar-refractivity contribution in [3.05, 3.63) is 35.7 Å². The summed E-state index contributed by atoms with van der Waals surface area (Å²) in [6.45, 7) is 6.33. The van der Waals surface area contributed by atoms with Crippen LogP contribution in [0.15, 0.2) is 24.4 Å². The molecule has 3 heterocycles. The van der Waals surface area contributed by atoms with E-state index in [0.29, 0.717) is 54.6 Å². The SMILES string of the molecule is COc1cc2cc(c1OC)OCCCC(OC(=O)c1ccn(C)n1)CCN1CCCN(CCCOC2=O)CC1. The molecule has 4 rings (SSSR count). The number of hydrogen-bond donors (Lipinski definition) is 0. The lowest BCUT2D eigenvalue weighted by molar-refractivity contribution is 0.0214. The first-order valence-electron chi connectivity index (χ1n) is 13.7. The maximum Gasteiger partial charge on any atom is 0.359 e. The molecule has 0 spiro atoms. The van der Waals surface area contributed by atoms with Gasteiger partial charge in [-0.05, 0) is 63.4 Å². The molecule has 4 bridgehead atoms. The van der Waals surface area contributed by atoms with Crippen LogP contribution >= 0.6 is 0 Å². The summed E-state index contributed by atoms with van der Waals surface area (Å²) in [5.74, 6) is 0.354. The zero-order valence-electron chi connectivity index (χ0n) is 23.2. The van der Waals surface area contributed by atoms with Crippen molar-refractivity contribution in [1.29, 1.82) is 0 Å². The van der Waals surface area contributed by atoms with Gasteiger partial charge in [-0.1, -0.05) is 0 Å². The Hall–Kier alpha value is -3.31. The van der Waals surface area contributed by atoms with E-state index in [1.54, 1.807) is 36.1 Å². The quantitative estimate of drug-likeness (QED) is 0.534. The van der Waals surface area contributed by atoms with Gasteiger partial charge in [0.15, 0.2) is 17.2 Å². The number of rotatable bonds is 4. The van der Waals surface area contributed by atoms with E-state index in [0.717, 1.165) is 58.5 Å². The molecule has 11 nitrogen and oxygen atoms in total. The molecular weight excluding hydrogens is 504 g/mol. The van der Waals surface area contributed by atoms with E-state index in [1.807, 2.05) is 0 Å². The second-order valence-corrected chi connectivity index (χ2v) is 9.92. The summed E-state index contributed by atoms with van der Waals surface area (Å²) in [6.07, 6.45) is 5.27. The summed E-state index contributed by atoms with van der Waals surface area (Å²) in [5.41, 5.74) is 0.642. The maximum atomic E-state index is 12.8. The summed E-state index contributed by atoms with van der Waals surface area (Å²) in [7, 11) is 4.81. The van der Waals surface area contributed by atoms with Crippen LogP contribution in [0.25, 0.3) is 0 Å². The predicted octanol–water partition coefficient (Wildman–Crippen LogP) is 2.78. The highest BCUT2D eigenvalue weighted by atomic mass is 16.5. The van der Waals surface area contributed by atoms with E-state index in [1.165, 1.54) is 14.2 Å². The Morgan fingerprint density at radius 1 is 0.923 bits per heavy atom. The zero-order valence-corrected chi connectivity index (χ0v) is 23.2. The lowest BCUT2D eigenvalue weighted by Crippen LogP contribution is -2.34. The second kappa shape index (κ2) is 14.2. The van der Waals surface area contributed by atoms with Gasteiger partial charge in [-0.25, -0.2) is 9.59 Å². The van der Waals surface area contributed by atoms with Crippen molar-refractivity contribution in [1.82, 2.24) is 19.6 Å². The number of esters is 2. The minimum atomic E-state index is -0.428. The number of carbonyl (C=O) groups excluding carboxylic acids is 2. The molecule has 1 fully saturated rings. The van der Waals surface area contributed by atoms with Crippen LogP contribution in [0.3, 0.4) is 0 Å². The fourth-order valence-corrected chi connectivity index (χ4v) is 4.98. The fraction of sp³-hybridized carbons (Fsp3) is 0.607. The minimum absolute atomic E-state index is 0.276. The Kier molecular flexibility index (Phi) is 10.4. The van der Waals surface area contributed by atoms with Gasteiger partial charge in [0, 0.05) is 39.4 Å². The third-order valence-corrected chi connectivity index (χ3v) is 7.11. The number of fused-ring (bicyclic) bond motifs is 5. The Balaban J connectivity index is 1.50. The topological polar surface area (TPSA) is 105 Å². The van der Waals surface area contributed by atoms with Gasteiger partial charge in [0.2, 0.25) is 5.75 Å². The molecule has 1 saturated heterocycles. The van der Waals surface area contributed by atoms with Gasteiger partial charge in [-0.2, -0.15) is 5.10 Å². The van der Waals surface area contributed by atoms with Crippen LogP contribution in [-0.4, -0.2) is 104 Å². The number of nitrogens with zero attached hydrogens (tertiary/aromatic N) is 4. The summed E-state index contributed by atoms with van der Waals surface area (Å²) >= 11 is 0. The van der Waals surface area contributed by atoms with Crippen LogP contribution < -0.4 is 14.2 Å². The molecule has 0 saturated carbocycles. The molecule has 1 aromatic heterocycles. The average molecular weight is 545 g/mol. The smallest absolute Gasteiger partial charge is 0.359 e. The van der Waals surface area contributed by atoms with E-state index in [2.05, 4.69) is 14.9 Å². The summed E-state index contributed by atoms with van der Waals surface area (Å²) in [5, 5.41) is 4.19. The number of ether oxygens (including phenoxy) is 5. The first-order chi connectivity index (χ1) is 19.0. The lowest BCUT2D eigenvalue weighted by atomic mass is 10.1. The van der Waals surface area contributed by atoms with Gasteiger partial charge >= 0.3 is 11.9 Å². The van der Waals surface area contributed by atoms with Crippen molar-refractivity contribution in [2.45, 2.75) is 38.2 Å². The van der Waals surface area contributed by atoms with Crippen LogP contribution in [0.1, 0.15) is 53.0 Å². The van der Waals surface area contributed by atoms with Crippen molar-refractivity contribution in [2.24, 2.45) is 7.05 Å². The van der Waals surface area contributed by atoms with Crippen molar-refractivity contribution in [3.63, 3.8) is 0 Å². The van der Waals surface area contributed by atoms with Crippen LogP contribution in [0.4, 0.5) is 0 Å². The van der Waals surface area contributed by atoms with Gasteiger partial charge in [0.05, 0.1) is 33.0 Å². The van der Waals surface area contributed by atoms with Crippen molar-refractivity contribution in [2.75, 3.05) is 66.7 Å². The van der Waals surface area contributed by atoms with Crippen LogP contribution in [0.5, 0.6) is 17.2 Å². The molecule has 3 unspecified atom stereocenters. The molecule has 214 valence electrons. The van der Waals surface area contributed by atoms with Crippen LogP contribution in [0.2, 0.25) is 0 Å². The van der Waals surface area contributed by atoms with Gasteiger partial charge in [0.1, 0.15) is 6.10 Å². The number of methoxy groups -OCH3 is 2. The number of aryl methyl sites for hydroxylation is 1. The van der Waals surface area contributed by atoms with Crippen LogP contribution in [0, 0.1) is 0 Å². The largest absolute Gasteiger partial charge is 0.493 e. The number of hydrogen-bond acceptors (Lipinski definition) is 10. The molecule has 3 atom stereocenters. The molecule has 2 aliphatic rings. The molecule has 2 aliphatic heterocycles. The van der Waals surface area contributed by atoms with Crippen molar-refractivity contribution >= 4 is 11.9 Å². The second-order valence-electron chi connectivity index (χ2n) is 9.92.